The molecule has 10 nitrogen and oxygen atoms in total. The molecule has 0 bridgehead atoms. The normalized spacial score (nSPS) is 13.6. The highest BCUT2D eigenvalue weighted by Crippen LogP contribution is 2.25. The Bertz CT molecular complexity index is 1180. The molecule has 0 aliphatic carbocycles. The number of aromatic nitrogens is 1. The minimum absolute atomic E-state index is 0.0713. The monoisotopic (exact) mass is 405 g/mol. The van der Waals surface area contributed by atoms with Crippen LogP contribution in [0.15, 0.2) is 58.6 Å². The number of amides is 1. The summed E-state index contributed by atoms with van der Waals surface area (Å²) in [5.74, 6) is 0.266. The maximum absolute atomic E-state index is 12.6. The number of nitrogens with zero attached hydrogens (tertiary/aromatic N) is 3. The quantitative estimate of drug-likeness (QED) is 0.294. The Hall–Kier alpha value is -4.21. The first-order valence-corrected chi connectivity index (χ1v) is 9.28. The van der Waals surface area contributed by atoms with Crippen molar-refractivity contribution in [1.82, 2.24) is 15.7 Å². The first-order chi connectivity index (χ1) is 14.5. The van der Waals surface area contributed by atoms with Crippen molar-refractivity contribution in [2.24, 2.45) is 10.1 Å². The van der Waals surface area contributed by atoms with E-state index in [1.165, 1.54) is 6.07 Å². The molecule has 1 amide bonds. The van der Waals surface area contributed by atoms with E-state index >= 15 is 0 Å². The number of para-hydroxylation sites is 1. The molecule has 1 aromatic heterocycles. The van der Waals surface area contributed by atoms with Gasteiger partial charge in [0.15, 0.2) is 0 Å². The van der Waals surface area contributed by atoms with Crippen LogP contribution in [0, 0.1) is 10.1 Å². The molecule has 0 saturated heterocycles. The fraction of sp³-hybridized carbons (Fsp3) is 0.150. The van der Waals surface area contributed by atoms with E-state index in [4.69, 9.17) is 0 Å². The summed E-state index contributed by atoms with van der Waals surface area (Å²) in [6.07, 6.45) is 0. The van der Waals surface area contributed by atoms with Crippen LogP contribution in [0.2, 0.25) is 0 Å². The van der Waals surface area contributed by atoms with Gasteiger partial charge in [-0.1, -0.05) is 24.3 Å². The number of non-ortho nitro benzene ring substituents is 1. The second-order valence-electron chi connectivity index (χ2n) is 6.68. The molecule has 2 aromatic carbocycles. The first kappa shape index (κ1) is 19.1. The number of nitrogens with one attached hydrogen (secondary N) is 4. The molecule has 3 aromatic rings. The Morgan fingerprint density at radius 1 is 1.23 bits per heavy atom. The summed E-state index contributed by atoms with van der Waals surface area (Å²) >= 11 is 0. The number of rotatable bonds is 5. The van der Waals surface area contributed by atoms with Crippen LogP contribution < -0.4 is 16.1 Å². The van der Waals surface area contributed by atoms with Crippen LogP contribution in [0.1, 0.15) is 23.0 Å². The molecule has 1 aliphatic heterocycles. The van der Waals surface area contributed by atoms with Crippen molar-refractivity contribution in [2.45, 2.75) is 6.92 Å². The molecule has 4 N–H and O–H groups in total. The zero-order valence-corrected chi connectivity index (χ0v) is 16.1. The Kier molecular flexibility index (Phi) is 5.12. The maximum Gasteiger partial charge on any atom is 0.293 e. The van der Waals surface area contributed by atoms with Crippen molar-refractivity contribution in [3.63, 3.8) is 0 Å². The number of anilines is 1. The molecule has 1 aliphatic rings. The first-order valence-electron chi connectivity index (χ1n) is 9.28. The minimum Gasteiger partial charge on any atom is -0.353 e. The number of guanidine groups is 1. The second kappa shape index (κ2) is 8.03. The topological polar surface area (TPSA) is 137 Å². The fourth-order valence-corrected chi connectivity index (χ4v) is 3.08. The van der Waals surface area contributed by atoms with Gasteiger partial charge < -0.3 is 15.6 Å². The van der Waals surface area contributed by atoms with Gasteiger partial charge in [0.05, 0.1) is 17.2 Å². The van der Waals surface area contributed by atoms with Crippen molar-refractivity contribution >= 4 is 39.9 Å². The van der Waals surface area contributed by atoms with E-state index in [0.717, 1.165) is 24.4 Å². The summed E-state index contributed by atoms with van der Waals surface area (Å²) in [6.45, 7) is 3.40. The van der Waals surface area contributed by atoms with Crippen molar-refractivity contribution in [1.29, 1.82) is 0 Å². The van der Waals surface area contributed by atoms with Gasteiger partial charge in [0.25, 0.3) is 11.6 Å². The lowest BCUT2D eigenvalue weighted by atomic mass is 10.1. The number of hydrogen-bond donors (Lipinski definition) is 4. The highest BCUT2D eigenvalue weighted by atomic mass is 16.6. The van der Waals surface area contributed by atoms with Gasteiger partial charge in [-0.15, -0.1) is 0 Å². The van der Waals surface area contributed by atoms with Gasteiger partial charge in [-0.05, 0) is 30.7 Å². The number of carbonyl (C=O) groups excluding carboxylic acids is 1. The number of carbonyl (C=O) groups is 1. The van der Waals surface area contributed by atoms with Crippen LogP contribution >= 0.6 is 0 Å². The average Bonchev–Trinajstić information content (AvgIpc) is 3.41. The second-order valence-corrected chi connectivity index (χ2v) is 6.68. The van der Waals surface area contributed by atoms with Gasteiger partial charge >= 0.3 is 0 Å². The number of benzene rings is 2. The van der Waals surface area contributed by atoms with Crippen molar-refractivity contribution < 1.29 is 9.72 Å². The van der Waals surface area contributed by atoms with E-state index in [1.54, 1.807) is 30.3 Å². The number of aromatic amines is 1. The number of nitro groups is 1. The van der Waals surface area contributed by atoms with Gasteiger partial charge in [0.1, 0.15) is 11.2 Å². The summed E-state index contributed by atoms with van der Waals surface area (Å²) in [6, 6.07) is 13.5. The highest BCUT2D eigenvalue weighted by Gasteiger charge is 2.17. The third-order valence-electron chi connectivity index (χ3n) is 4.64. The largest absolute Gasteiger partial charge is 0.353 e. The summed E-state index contributed by atoms with van der Waals surface area (Å²) in [7, 11) is 0. The number of H-pyrrole nitrogens is 1. The molecule has 30 heavy (non-hydrogen) atoms. The van der Waals surface area contributed by atoms with E-state index in [2.05, 4.69) is 31.1 Å². The highest BCUT2D eigenvalue weighted by molar-refractivity contribution is 6.07. The lowest BCUT2D eigenvalue weighted by molar-refractivity contribution is -0.383. The van der Waals surface area contributed by atoms with Gasteiger partial charge in [0.2, 0.25) is 5.96 Å². The minimum atomic E-state index is -0.479. The molecule has 4 rings (SSSR count). The number of hydrazone groups is 1. The van der Waals surface area contributed by atoms with Crippen LogP contribution in [0.3, 0.4) is 0 Å². The van der Waals surface area contributed by atoms with E-state index in [9.17, 15) is 14.9 Å². The molecule has 0 fully saturated rings. The molecule has 0 radical (unpaired) electrons. The van der Waals surface area contributed by atoms with Crippen molar-refractivity contribution in [3.05, 3.63) is 69.9 Å². The molecule has 0 spiro atoms. The smallest absolute Gasteiger partial charge is 0.293 e. The molecule has 10 heteroatoms. The Balaban J connectivity index is 1.46. The molecule has 152 valence electrons. The Morgan fingerprint density at radius 3 is 2.73 bits per heavy atom. The fourth-order valence-electron chi connectivity index (χ4n) is 3.08. The van der Waals surface area contributed by atoms with Crippen molar-refractivity contribution in [2.75, 3.05) is 18.4 Å². The van der Waals surface area contributed by atoms with Crippen LogP contribution in [-0.2, 0) is 0 Å². The number of hydrogen-bond acceptors (Lipinski definition) is 7. The predicted molar refractivity (Wildman–Crippen MR) is 115 cm³/mol. The van der Waals surface area contributed by atoms with Gasteiger partial charge in [0, 0.05) is 23.7 Å². The predicted octanol–water partition coefficient (Wildman–Crippen LogP) is 2.60. The van der Waals surface area contributed by atoms with Gasteiger partial charge in [-0.25, -0.2) is 10.4 Å². The zero-order valence-electron chi connectivity index (χ0n) is 16.1. The standard InChI is InChI=1S/C20H19N7O3/c1-12(25-26-20-21-9-10-22-20)13-5-7-15(8-6-13)23-19(28)16-11-14-3-2-4-17(27(29)30)18(14)24-16/h2-8,11,24H,9-10H2,1H3,(H,23,28)(H2,21,22,26)/b25-12-. The molecule has 0 atom stereocenters. The average molecular weight is 405 g/mol. The maximum atomic E-state index is 12.6. The Labute approximate surface area is 171 Å². The SMILES string of the molecule is C/C(=N/NC1=NCCN1)c1ccc(NC(=O)c2cc3cccc([N+](=O)[O-])c3[nH]2)cc1. The summed E-state index contributed by atoms with van der Waals surface area (Å²) in [5, 5.41) is 21.9. The Morgan fingerprint density at radius 2 is 2.03 bits per heavy atom. The van der Waals surface area contributed by atoms with Crippen LogP contribution in [0.4, 0.5) is 11.4 Å². The molecule has 0 unspecified atom stereocenters. The third-order valence-corrected chi connectivity index (χ3v) is 4.64. The summed E-state index contributed by atoms with van der Waals surface area (Å²) in [5.41, 5.74) is 5.63. The lowest BCUT2D eigenvalue weighted by Gasteiger charge is -2.06. The van der Waals surface area contributed by atoms with Crippen LogP contribution in [0.25, 0.3) is 10.9 Å². The molecule has 2 heterocycles. The zero-order chi connectivity index (χ0) is 21.1. The van der Waals surface area contributed by atoms with E-state index in [0.29, 0.717) is 22.5 Å². The van der Waals surface area contributed by atoms with E-state index in [1.807, 2.05) is 19.1 Å². The molecular weight excluding hydrogens is 386 g/mol. The third kappa shape index (κ3) is 3.97. The summed E-state index contributed by atoms with van der Waals surface area (Å²) < 4.78 is 0. The number of fused-ring (bicyclic) bond motifs is 1. The van der Waals surface area contributed by atoms with Crippen molar-refractivity contribution in [3.8, 4) is 0 Å². The molecule has 0 saturated carbocycles. The summed E-state index contributed by atoms with van der Waals surface area (Å²) in [4.78, 5) is 30.3. The number of nitro benzene ring substituents is 1. The lowest BCUT2D eigenvalue weighted by Crippen LogP contribution is -2.30. The number of aliphatic imine (C=N–C) groups is 1. The van der Waals surface area contributed by atoms with Crippen LogP contribution in [-0.4, -0.2) is 40.6 Å². The van der Waals surface area contributed by atoms with Crippen LogP contribution in [0.5, 0.6) is 0 Å². The van der Waals surface area contributed by atoms with Gasteiger partial charge in [-0.2, -0.15) is 5.10 Å². The van der Waals surface area contributed by atoms with E-state index < -0.39 is 4.92 Å². The van der Waals surface area contributed by atoms with Gasteiger partial charge in [-0.3, -0.25) is 14.9 Å². The molecular formula is C20H19N7O3. The van der Waals surface area contributed by atoms with E-state index in [-0.39, 0.29) is 17.3 Å².